The van der Waals surface area contributed by atoms with Crippen LogP contribution in [0.15, 0.2) is 24.3 Å². The summed E-state index contributed by atoms with van der Waals surface area (Å²) < 4.78 is 5.09. The molecule has 1 fully saturated rings. The van der Waals surface area contributed by atoms with E-state index in [4.69, 9.17) is 4.74 Å². The van der Waals surface area contributed by atoms with Crippen molar-refractivity contribution in [3.63, 3.8) is 0 Å². The molecule has 0 unspecified atom stereocenters. The number of anilines is 1. The van der Waals surface area contributed by atoms with Gasteiger partial charge in [-0.15, -0.1) is 0 Å². The van der Waals surface area contributed by atoms with Gasteiger partial charge in [0, 0.05) is 31.5 Å². The van der Waals surface area contributed by atoms with Gasteiger partial charge in [0.25, 0.3) is 0 Å². The van der Waals surface area contributed by atoms with E-state index in [9.17, 15) is 4.79 Å². The molecule has 16 heavy (non-hydrogen) atoms. The van der Waals surface area contributed by atoms with Crippen molar-refractivity contribution < 1.29 is 9.53 Å². The first-order valence-corrected chi connectivity index (χ1v) is 5.39. The largest absolute Gasteiger partial charge is 0.380 e. The van der Waals surface area contributed by atoms with Gasteiger partial charge in [0.05, 0.1) is 12.5 Å². The number of amides is 1. The van der Waals surface area contributed by atoms with Crippen LogP contribution in [-0.2, 0) is 16.1 Å². The predicted molar refractivity (Wildman–Crippen MR) is 62.1 cm³/mol. The van der Waals surface area contributed by atoms with Crippen molar-refractivity contribution in [1.29, 1.82) is 0 Å². The van der Waals surface area contributed by atoms with Crippen LogP contribution in [0.3, 0.4) is 0 Å². The number of carbonyl (C=O) groups is 1. The van der Waals surface area contributed by atoms with Crippen molar-refractivity contribution >= 4 is 11.6 Å². The first-order valence-electron chi connectivity index (χ1n) is 5.39. The first kappa shape index (κ1) is 11.1. The van der Waals surface area contributed by atoms with Crippen molar-refractivity contribution in [3.8, 4) is 0 Å². The highest BCUT2D eigenvalue weighted by atomic mass is 16.5. The summed E-state index contributed by atoms with van der Waals surface area (Å²) in [6.07, 6.45) is 0. The van der Waals surface area contributed by atoms with Crippen molar-refractivity contribution in [2.75, 3.05) is 25.5 Å². The molecule has 86 valence electrons. The Hall–Kier alpha value is -1.39. The minimum atomic E-state index is 0.0855. The molecule has 0 spiro atoms. The molecule has 1 saturated heterocycles. The van der Waals surface area contributed by atoms with Crippen LogP contribution in [0.4, 0.5) is 5.69 Å². The van der Waals surface area contributed by atoms with Gasteiger partial charge in [-0.2, -0.15) is 0 Å². The Kier molecular flexibility index (Phi) is 3.54. The predicted octanol–water partition coefficient (Wildman–Crippen LogP) is 0.991. The zero-order chi connectivity index (χ0) is 11.4. The second-order valence-electron chi connectivity index (χ2n) is 3.93. The van der Waals surface area contributed by atoms with E-state index in [1.165, 1.54) is 0 Å². The van der Waals surface area contributed by atoms with Crippen molar-refractivity contribution in [2.45, 2.75) is 6.61 Å². The Morgan fingerprint density at radius 3 is 2.88 bits per heavy atom. The first-order chi connectivity index (χ1) is 7.81. The van der Waals surface area contributed by atoms with Crippen molar-refractivity contribution in [1.82, 2.24) is 5.32 Å². The maximum Gasteiger partial charge on any atom is 0.230 e. The lowest BCUT2D eigenvalue weighted by Gasteiger charge is -2.26. The maximum atomic E-state index is 11.8. The summed E-state index contributed by atoms with van der Waals surface area (Å²) in [4.78, 5) is 11.8. The lowest BCUT2D eigenvalue weighted by atomic mass is 10.0. The molecule has 2 rings (SSSR count). The maximum absolute atomic E-state index is 11.8. The van der Waals surface area contributed by atoms with Gasteiger partial charge in [0.1, 0.15) is 0 Å². The summed E-state index contributed by atoms with van der Waals surface area (Å²) >= 11 is 0. The van der Waals surface area contributed by atoms with Crippen molar-refractivity contribution in [3.05, 3.63) is 29.8 Å². The number of para-hydroxylation sites is 1. The SMILES string of the molecule is COCc1ccccc1NC(=O)C1CNC1. The normalized spacial score (nSPS) is 15.6. The summed E-state index contributed by atoms with van der Waals surface area (Å²) in [5.41, 5.74) is 1.85. The molecule has 0 aliphatic carbocycles. The van der Waals surface area contributed by atoms with E-state index in [1.54, 1.807) is 7.11 Å². The molecule has 1 aliphatic rings. The van der Waals surface area contributed by atoms with Gasteiger partial charge < -0.3 is 15.4 Å². The summed E-state index contributed by atoms with van der Waals surface area (Å²) in [7, 11) is 1.65. The second kappa shape index (κ2) is 5.09. The van der Waals surface area contributed by atoms with Crippen LogP contribution in [0.1, 0.15) is 5.56 Å². The molecule has 1 aliphatic heterocycles. The van der Waals surface area contributed by atoms with Crippen LogP contribution >= 0.6 is 0 Å². The zero-order valence-corrected chi connectivity index (χ0v) is 9.32. The lowest BCUT2D eigenvalue weighted by Crippen LogP contribution is -2.48. The number of benzene rings is 1. The topological polar surface area (TPSA) is 50.4 Å². The average molecular weight is 220 g/mol. The molecule has 0 bridgehead atoms. The van der Waals surface area contributed by atoms with E-state index < -0.39 is 0 Å². The number of hydrogen-bond acceptors (Lipinski definition) is 3. The van der Waals surface area contributed by atoms with Gasteiger partial charge in [-0.25, -0.2) is 0 Å². The van der Waals surface area contributed by atoms with E-state index in [-0.39, 0.29) is 11.8 Å². The van der Waals surface area contributed by atoms with E-state index in [1.807, 2.05) is 24.3 Å². The molecule has 1 heterocycles. The molecule has 1 aromatic rings. The molecule has 0 atom stereocenters. The molecule has 0 saturated carbocycles. The van der Waals surface area contributed by atoms with Gasteiger partial charge >= 0.3 is 0 Å². The van der Waals surface area contributed by atoms with Gasteiger partial charge in [0.15, 0.2) is 0 Å². The quantitative estimate of drug-likeness (QED) is 0.795. The number of rotatable bonds is 4. The molecule has 4 nitrogen and oxygen atoms in total. The van der Waals surface area contributed by atoms with Gasteiger partial charge in [-0.3, -0.25) is 4.79 Å². The second-order valence-corrected chi connectivity index (χ2v) is 3.93. The van der Waals surface area contributed by atoms with Crippen LogP contribution in [0, 0.1) is 5.92 Å². The highest BCUT2D eigenvalue weighted by Gasteiger charge is 2.25. The molecule has 2 N–H and O–H groups in total. The average Bonchev–Trinajstić information content (AvgIpc) is 2.18. The zero-order valence-electron chi connectivity index (χ0n) is 9.32. The molecule has 1 aromatic carbocycles. The minimum absolute atomic E-state index is 0.0855. The number of ether oxygens (including phenoxy) is 1. The molecular weight excluding hydrogens is 204 g/mol. The molecule has 0 aromatic heterocycles. The van der Waals surface area contributed by atoms with E-state index >= 15 is 0 Å². The van der Waals surface area contributed by atoms with Crippen LogP contribution in [-0.4, -0.2) is 26.1 Å². The fourth-order valence-corrected chi connectivity index (χ4v) is 1.63. The fourth-order valence-electron chi connectivity index (χ4n) is 1.63. The third kappa shape index (κ3) is 2.40. The van der Waals surface area contributed by atoms with Crippen LogP contribution in [0.5, 0.6) is 0 Å². The number of nitrogens with one attached hydrogen (secondary N) is 2. The van der Waals surface area contributed by atoms with Crippen molar-refractivity contribution in [2.24, 2.45) is 5.92 Å². The van der Waals surface area contributed by atoms with E-state index in [2.05, 4.69) is 10.6 Å². The minimum Gasteiger partial charge on any atom is -0.380 e. The van der Waals surface area contributed by atoms with Gasteiger partial charge in [0.2, 0.25) is 5.91 Å². The van der Waals surface area contributed by atoms with E-state index in [0.717, 1.165) is 24.3 Å². The Balaban J connectivity index is 2.04. The number of methoxy groups -OCH3 is 1. The Morgan fingerprint density at radius 1 is 1.50 bits per heavy atom. The van der Waals surface area contributed by atoms with Crippen LogP contribution < -0.4 is 10.6 Å². The molecule has 4 heteroatoms. The molecular formula is C12H16N2O2. The standard InChI is InChI=1S/C12H16N2O2/c1-16-8-9-4-2-3-5-11(9)14-12(15)10-6-13-7-10/h2-5,10,13H,6-8H2,1H3,(H,14,15). The number of carbonyl (C=O) groups excluding carboxylic acids is 1. The van der Waals surface area contributed by atoms with Crippen LogP contribution in [0.25, 0.3) is 0 Å². The Bertz CT molecular complexity index is 375. The summed E-state index contributed by atoms with van der Waals surface area (Å²) in [5, 5.41) is 6.02. The molecule has 1 amide bonds. The summed E-state index contributed by atoms with van der Waals surface area (Å²) in [6, 6.07) is 7.71. The third-order valence-electron chi connectivity index (χ3n) is 2.73. The Labute approximate surface area is 95.0 Å². The third-order valence-corrected chi connectivity index (χ3v) is 2.73. The van der Waals surface area contributed by atoms with Gasteiger partial charge in [-0.1, -0.05) is 18.2 Å². The Morgan fingerprint density at radius 2 is 2.25 bits per heavy atom. The van der Waals surface area contributed by atoms with E-state index in [0.29, 0.717) is 6.61 Å². The fraction of sp³-hybridized carbons (Fsp3) is 0.417. The number of hydrogen-bond donors (Lipinski definition) is 2. The smallest absolute Gasteiger partial charge is 0.230 e. The van der Waals surface area contributed by atoms with Gasteiger partial charge in [-0.05, 0) is 6.07 Å². The van der Waals surface area contributed by atoms with Crippen LogP contribution in [0.2, 0.25) is 0 Å². The summed E-state index contributed by atoms with van der Waals surface area (Å²) in [5.74, 6) is 0.193. The lowest BCUT2D eigenvalue weighted by molar-refractivity contribution is -0.121. The highest BCUT2D eigenvalue weighted by Crippen LogP contribution is 2.17. The summed E-state index contributed by atoms with van der Waals surface area (Å²) in [6.45, 7) is 2.07. The highest BCUT2D eigenvalue weighted by molar-refractivity contribution is 5.94. The molecule has 0 radical (unpaired) electrons. The monoisotopic (exact) mass is 220 g/mol.